The van der Waals surface area contributed by atoms with E-state index in [1.165, 1.54) is 5.56 Å². The molecule has 0 saturated carbocycles. The molecule has 26 heavy (non-hydrogen) atoms. The average Bonchev–Trinajstić information content (AvgIpc) is 2.66. The highest BCUT2D eigenvalue weighted by Crippen LogP contribution is 2.22. The average molecular weight is 351 g/mol. The minimum absolute atomic E-state index is 0.112. The van der Waals surface area contributed by atoms with E-state index in [0.717, 1.165) is 50.4 Å². The summed E-state index contributed by atoms with van der Waals surface area (Å²) in [7, 11) is 0. The van der Waals surface area contributed by atoms with Gasteiger partial charge in [0.15, 0.2) is 0 Å². The number of benzene rings is 1. The van der Waals surface area contributed by atoms with Crippen molar-refractivity contribution in [3.05, 3.63) is 65.5 Å². The van der Waals surface area contributed by atoms with Crippen LogP contribution >= 0.6 is 0 Å². The lowest BCUT2D eigenvalue weighted by atomic mass is 9.86. The van der Waals surface area contributed by atoms with Gasteiger partial charge in [-0.25, -0.2) is 0 Å². The van der Waals surface area contributed by atoms with Crippen molar-refractivity contribution in [3.8, 4) is 0 Å². The zero-order valence-electron chi connectivity index (χ0n) is 16.1. The first-order valence-corrected chi connectivity index (χ1v) is 9.45. The molecule has 1 aliphatic rings. The summed E-state index contributed by atoms with van der Waals surface area (Å²) in [5.41, 5.74) is 3.29. The van der Waals surface area contributed by atoms with Gasteiger partial charge in [-0.2, -0.15) is 0 Å². The van der Waals surface area contributed by atoms with Crippen molar-refractivity contribution in [1.29, 1.82) is 0 Å². The molecular formula is C22H29N3O. The van der Waals surface area contributed by atoms with Crippen LogP contribution in [0.1, 0.15) is 42.4 Å². The number of hydrogen-bond acceptors (Lipinski definition) is 3. The molecule has 0 spiro atoms. The lowest BCUT2D eigenvalue weighted by molar-refractivity contribution is 0.0638. The maximum Gasteiger partial charge on any atom is 0.253 e. The van der Waals surface area contributed by atoms with Crippen LogP contribution in [-0.4, -0.2) is 53.4 Å². The molecule has 0 bridgehead atoms. The van der Waals surface area contributed by atoms with Crippen LogP contribution in [0.2, 0.25) is 0 Å². The zero-order chi connectivity index (χ0) is 18.6. The summed E-state index contributed by atoms with van der Waals surface area (Å²) in [5, 5.41) is 0. The SMILES string of the molecule is CC(C)(C)c1ccc(C(=O)N2CCN(CCc3ccccn3)CC2)cc1. The van der Waals surface area contributed by atoms with Crippen LogP contribution in [-0.2, 0) is 11.8 Å². The molecule has 3 rings (SSSR count). The molecule has 4 heteroatoms. The fraction of sp³-hybridized carbons (Fsp3) is 0.455. The Kier molecular flexibility index (Phi) is 5.72. The van der Waals surface area contributed by atoms with Crippen LogP contribution in [0.5, 0.6) is 0 Å². The van der Waals surface area contributed by atoms with Gasteiger partial charge in [0.05, 0.1) is 0 Å². The summed E-state index contributed by atoms with van der Waals surface area (Å²) >= 11 is 0. The highest BCUT2D eigenvalue weighted by atomic mass is 16.2. The Hall–Kier alpha value is -2.20. The Morgan fingerprint density at radius 1 is 1.00 bits per heavy atom. The Morgan fingerprint density at radius 2 is 1.69 bits per heavy atom. The fourth-order valence-corrected chi connectivity index (χ4v) is 3.29. The molecule has 2 heterocycles. The Labute approximate surface area is 156 Å². The van der Waals surface area contributed by atoms with E-state index in [0.29, 0.717) is 0 Å². The molecule has 2 aromatic rings. The van der Waals surface area contributed by atoms with Gasteiger partial charge >= 0.3 is 0 Å². The quantitative estimate of drug-likeness (QED) is 0.847. The molecule has 1 saturated heterocycles. The molecule has 0 unspecified atom stereocenters. The van der Waals surface area contributed by atoms with Crippen LogP contribution in [0.3, 0.4) is 0 Å². The minimum atomic E-state index is 0.112. The third kappa shape index (κ3) is 4.70. The first-order valence-electron chi connectivity index (χ1n) is 9.45. The predicted octanol–water partition coefficient (Wildman–Crippen LogP) is 3.38. The van der Waals surface area contributed by atoms with Crippen molar-refractivity contribution in [1.82, 2.24) is 14.8 Å². The summed E-state index contributed by atoms with van der Waals surface area (Å²) in [5.74, 6) is 0.148. The lowest BCUT2D eigenvalue weighted by Gasteiger charge is -2.34. The molecule has 0 radical (unpaired) electrons. The van der Waals surface area contributed by atoms with E-state index in [1.807, 2.05) is 35.4 Å². The van der Waals surface area contributed by atoms with E-state index in [9.17, 15) is 4.79 Å². The zero-order valence-corrected chi connectivity index (χ0v) is 16.1. The molecule has 138 valence electrons. The molecule has 0 N–H and O–H groups in total. The van der Waals surface area contributed by atoms with Crippen molar-refractivity contribution >= 4 is 5.91 Å². The highest BCUT2D eigenvalue weighted by Gasteiger charge is 2.22. The Balaban J connectivity index is 1.50. The van der Waals surface area contributed by atoms with Crippen molar-refractivity contribution in [2.75, 3.05) is 32.7 Å². The second-order valence-electron chi connectivity index (χ2n) is 8.03. The normalized spacial score (nSPS) is 15.9. The number of carbonyl (C=O) groups is 1. The summed E-state index contributed by atoms with van der Waals surface area (Å²) in [6.45, 7) is 11.0. The molecule has 1 amide bonds. The van der Waals surface area contributed by atoms with E-state index in [2.05, 4.69) is 48.9 Å². The van der Waals surface area contributed by atoms with Crippen LogP contribution in [0, 0.1) is 0 Å². The molecule has 1 fully saturated rings. The summed E-state index contributed by atoms with van der Waals surface area (Å²) in [6.07, 6.45) is 2.81. The van der Waals surface area contributed by atoms with Crippen molar-refractivity contribution < 1.29 is 4.79 Å². The Morgan fingerprint density at radius 3 is 2.27 bits per heavy atom. The molecule has 1 aromatic carbocycles. The second kappa shape index (κ2) is 8.00. The summed E-state index contributed by atoms with van der Waals surface area (Å²) in [6, 6.07) is 14.1. The third-order valence-corrected chi connectivity index (χ3v) is 5.07. The highest BCUT2D eigenvalue weighted by molar-refractivity contribution is 5.94. The van der Waals surface area contributed by atoms with Gasteiger partial charge in [-0.05, 0) is 35.2 Å². The van der Waals surface area contributed by atoms with E-state index in [1.54, 1.807) is 0 Å². The molecule has 0 aliphatic carbocycles. The molecule has 1 aliphatic heterocycles. The van der Waals surface area contributed by atoms with Gasteiger partial charge in [0.25, 0.3) is 5.91 Å². The minimum Gasteiger partial charge on any atom is -0.336 e. The van der Waals surface area contributed by atoms with E-state index >= 15 is 0 Å². The first-order chi connectivity index (χ1) is 12.4. The number of rotatable bonds is 4. The van der Waals surface area contributed by atoms with Gasteiger partial charge in [-0.3, -0.25) is 14.7 Å². The smallest absolute Gasteiger partial charge is 0.253 e. The maximum absolute atomic E-state index is 12.7. The van der Waals surface area contributed by atoms with Gasteiger partial charge in [0, 0.05) is 56.6 Å². The van der Waals surface area contributed by atoms with Crippen LogP contribution < -0.4 is 0 Å². The van der Waals surface area contributed by atoms with Gasteiger partial charge in [-0.1, -0.05) is 39.0 Å². The Bertz CT molecular complexity index is 711. The first kappa shape index (κ1) is 18.6. The van der Waals surface area contributed by atoms with Crippen molar-refractivity contribution in [2.24, 2.45) is 0 Å². The van der Waals surface area contributed by atoms with Crippen LogP contribution in [0.4, 0.5) is 0 Å². The fourth-order valence-electron chi connectivity index (χ4n) is 3.29. The molecule has 4 nitrogen and oxygen atoms in total. The van der Waals surface area contributed by atoms with Crippen molar-refractivity contribution in [2.45, 2.75) is 32.6 Å². The van der Waals surface area contributed by atoms with Gasteiger partial charge in [0.1, 0.15) is 0 Å². The number of hydrogen-bond donors (Lipinski definition) is 0. The summed E-state index contributed by atoms with van der Waals surface area (Å²) < 4.78 is 0. The number of nitrogens with zero attached hydrogens (tertiary/aromatic N) is 3. The third-order valence-electron chi connectivity index (χ3n) is 5.07. The topological polar surface area (TPSA) is 36.4 Å². The predicted molar refractivity (Wildman–Crippen MR) is 105 cm³/mol. The standard InChI is InChI=1S/C22H29N3O/c1-22(2,3)19-9-7-18(8-10-19)21(26)25-16-14-24(15-17-25)13-11-20-6-4-5-12-23-20/h4-10,12H,11,13-17H2,1-3H3. The van der Waals surface area contributed by atoms with E-state index < -0.39 is 0 Å². The number of pyridine rings is 1. The molecule has 1 aromatic heterocycles. The van der Waals surface area contributed by atoms with E-state index in [4.69, 9.17) is 0 Å². The second-order valence-corrected chi connectivity index (χ2v) is 8.03. The van der Waals surface area contributed by atoms with Crippen LogP contribution in [0.15, 0.2) is 48.7 Å². The van der Waals surface area contributed by atoms with Crippen molar-refractivity contribution in [3.63, 3.8) is 0 Å². The molecular weight excluding hydrogens is 322 g/mol. The largest absolute Gasteiger partial charge is 0.336 e. The number of amides is 1. The van der Waals surface area contributed by atoms with Gasteiger partial charge in [-0.15, -0.1) is 0 Å². The van der Waals surface area contributed by atoms with Gasteiger partial charge < -0.3 is 4.90 Å². The lowest BCUT2D eigenvalue weighted by Crippen LogP contribution is -2.49. The number of piperazine rings is 1. The maximum atomic E-state index is 12.7. The van der Waals surface area contributed by atoms with Gasteiger partial charge in [0.2, 0.25) is 0 Å². The molecule has 0 atom stereocenters. The van der Waals surface area contributed by atoms with E-state index in [-0.39, 0.29) is 11.3 Å². The number of carbonyl (C=O) groups excluding carboxylic acids is 1. The van der Waals surface area contributed by atoms with Crippen LogP contribution in [0.25, 0.3) is 0 Å². The monoisotopic (exact) mass is 351 g/mol. The summed E-state index contributed by atoms with van der Waals surface area (Å²) in [4.78, 5) is 21.5. The number of aromatic nitrogens is 1.